The molecule has 0 saturated carbocycles. The molecule has 1 aliphatic rings. The minimum Gasteiger partial charge on any atom is -0.378 e. The summed E-state index contributed by atoms with van der Waals surface area (Å²) < 4.78 is 5.36. The van der Waals surface area contributed by atoms with Crippen molar-refractivity contribution in [1.82, 2.24) is 15.6 Å². The summed E-state index contributed by atoms with van der Waals surface area (Å²) >= 11 is 0. The Morgan fingerprint density at radius 2 is 2.14 bits per heavy atom. The second kappa shape index (κ2) is 7.05. The third-order valence-corrected chi connectivity index (χ3v) is 3.87. The van der Waals surface area contributed by atoms with Crippen molar-refractivity contribution in [3.8, 4) is 0 Å². The number of nitrogens with one attached hydrogen (secondary N) is 2. The van der Waals surface area contributed by atoms with Gasteiger partial charge < -0.3 is 15.4 Å². The van der Waals surface area contributed by atoms with Gasteiger partial charge in [0, 0.05) is 36.8 Å². The van der Waals surface area contributed by atoms with E-state index in [9.17, 15) is 4.79 Å². The molecule has 118 valence electrons. The molecule has 1 unspecified atom stereocenters. The van der Waals surface area contributed by atoms with E-state index in [1.807, 2.05) is 37.3 Å². The molecule has 2 atom stereocenters. The average Bonchev–Trinajstić information content (AvgIpc) is 2.93. The Balaban J connectivity index is 0.00000176. The number of ether oxygens (including phenoxy) is 1. The van der Waals surface area contributed by atoms with E-state index in [2.05, 4.69) is 15.6 Å². The average molecular weight is 322 g/mol. The third-order valence-electron chi connectivity index (χ3n) is 3.87. The van der Waals surface area contributed by atoms with Crippen LogP contribution in [0.1, 0.15) is 16.1 Å². The maximum absolute atomic E-state index is 12.4. The molecule has 22 heavy (non-hydrogen) atoms. The van der Waals surface area contributed by atoms with E-state index >= 15 is 0 Å². The van der Waals surface area contributed by atoms with Crippen molar-refractivity contribution in [2.24, 2.45) is 0 Å². The lowest BCUT2D eigenvalue weighted by Gasteiger charge is -2.18. The van der Waals surface area contributed by atoms with Gasteiger partial charge in [0.15, 0.2) is 0 Å². The maximum Gasteiger partial charge on any atom is 0.251 e. The highest BCUT2D eigenvalue weighted by atomic mass is 35.5. The van der Waals surface area contributed by atoms with Crippen LogP contribution in [0.3, 0.4) is 0 Å². The first-order chi connectivity index (χ1) is 10.2. The van der Waals surface area contributed by atoms with Crippen molar-refractivity contribution in [2.75, 3.05) is 20.2 Å². The normalized spacial score (nSPS) is 20.6. The fourth-order valence-electron chi connectivity index (χ4n) is 2.67. The van der Waals surface area contributed by atoms with Gasteiger partial charge in [-0.25, -0.2) is 0 Å². The number of rotatable bonds is 3. The summed E-state index contributed by atoms with van der Waals surface area (Å²) in [5, 5.41) is 7.21. The molecule has 3 rings (SSSR count). The number of methoxy groups -OCH3 is 1. The monoisotopic (exact) mass is 321 g/mol. The van der Waals surface area contributed by atoms with Gasteiger partial charge in [-0.3, -0.25) is 9.78 Å². The van der Waals surface area contributed by atoms with E-state index in [4.69, 9.17) is 4.74 Å². The van der Waals surface area contributed by atoms with Crippen molar-refractivity contribution in [3.63, 3.8) is 0 Å². The molecular weight excluding hydrogens is 302 g/mol. The topological polar surface area (TPSA) is 63.2 Å². The standard InChI is InChI=1S/C16H19N3O2.ClH/c1-10-3-4-11-7-12(5-6-13(11)18-10)16(20)19-14-8-17-9-15(14)21-2;/h3-7,14-15,17H,8-9H2,1-2H3,(H,19,20);1H/t14?,15-;/m0./s1. The van der Waals surface area contributed by atoms with Crippen molar-refractivity contribution < 1.29 is 9.53 Å². The van der Waals surface area contributed by atoms with Crippen LogP contribution in [0.5, 0.6) is 0 Å². The molecular formula is C16H20ClN3O2. The number of fused-ring (bicyclic) bond motifs is 1. The first-order valence-electron chi connectivity index (χ1n) is 7.09. The van der Waals surface area contributed by atoms with E-state index in [1.54, 1.807) is 7.11 Å². The van der Waals surface area contributed by atoms with Gasteiger partial charge in [0.05, 0.1) is 17.7 Å². The molecule has 0 aliphatic carbocycles. The van der Waals surface area contributed by atoms with Gasteiger partial charge in [-0.05, 0) is 31.2 Å². The van der Waals surface area contributed by atoms with Gasteiger partial charge >= 0.3 is 0 Å². The van der Waals surface area contributed by atoms with Crippen LogP contribution in [0.15, 0.2) is 30.3 Å². The number of benzene rings is 1. The predicted octanol–water partition coefficient (Wildman–Crippen LogP) is 1.68. The highest BCUT2D eigenvalue weighted by Crippen LogP contribution is 2.15. The molecule has 1 saturated heterocycles. The van der Waals surface area contributed by atoms with E-state index in [0.29, 0.717) is 5.56 Å². The SMILES string of the molecule is CO[C@H]1CNCC1NC(=O)c1ccc2nc(C)ccc2c1.Cl. The van der Waals surface area contributed by atoms with Gasteiger partial charge in [-0.2, -0.15) is 0 Å². The second-order valence-electron chi connectivity index (χ2n) is 5.37. The maximum atomic E-state index is 12.4. The summed E-state index contributed by atoms with van der Waals surface area (Å²) in [5.41, 5.74) is 2.53. The lowest BCUT2D eigenvalue weighted by Crippen LogP contribution is -2.43. The molecule has 2 heterocycles. The van der Waals surface area contributed by atoms with Crippen molar-refractivity contribution in [1.29, 1.82) is 0 Å². The zero-order valence-electron chi connectivity index (χ0n) is 12.6. The summed E-state index contributed by atoms with van der Waals surface area (Å²) in [6.07, 6.45) is 0.0266. The van der Waals surface area contributed by atoms with Gasteiger partial charge in [-0.1, -0.05) is 6.07 Å². The number of hydrogen-bond donors (Lipinski definition) is 2. The summed E-state index contributed by atoms with van der Waals surface area (Å²) in [6.45, 7) is 3.46. The fraction of sp³-hybridized carbons (Fsp3) is 0.375. The van der Waals surface area contributed by atoms with Crippen LogP contribution in [0, 0.1) is 6.92 Å². The van der Waals surface area contributed by atoms with Crippen LogP contribution in [-0.4, -0.2) is 43.2 Å². The minimum atomic E-state index is -0.0757. The number of aromatic nitrogens is 1. The molecule has 2 N–H and O–H groups in total. The number of carbonyl (C=O) groups is 1. The number of nitrogens with zero attached hydrogens (tertiary/aromatic N) is 1. The number of amides is 1. The quantitative estimate of drug-likeness (QED) is 0.903. The number of carbonyl (C=O) groups excluding carboxylic acids is 1. The molecule has 0 radical (unpaired) electrons. The summed E-state index contributed by atoms with van der Waals surface area (Å²) in [5.74, 6) is -0.0757. The largest absolute Gasteiger partial charge is 0.378 e. The first-order valence-corrected chi connectivity index (χ1v) is 7.09. The van der Waals surface area contributed by atoms with Crippen LogP contribution in [0.4, 0.5) is 0 Å². The van der Waals surface area contributed by atoms with Gasteiger partial charge in [0.25, 0.3) is 5.91 Å². The van der Waals surface area contributed by atoms with Crippen molar-refractivity contribution in [3.05, 3.63) is 41.6 Å². The van der Waals surface area contributed by atoms with Crippen LogP contribution in [0.2, 0.25) is 0 Å². The first kappa shape index (κ1) is 16.7. The molecule has 2 aromatic rings. The zero-order chi connectivity index (χ0) is 14.8. The highest BCUT2D eigenvalue weighted by Gasteiger charge is 2.28. The second-order valence-corrected chi connectivity index (χ2v) is 5.37. The Labute approximate surface area is 135 Å². The zero-order valence-corrected chi connectivity index (χ0v) is 13.4. The van der Waals surface area contributed by atoms with E-state index in [0.717, 1.165) is 29.7 Å². The number of pyridine rings is 1. The smallest absolute Gasteiger partial charge is 0.251 e. The van der Waals surface area contributed by atoms with E-state index in [-0.39, 0.29) is 30.5 Å². The molecule has 6 heteroatoms. The molecule has 0 spiro atoms. The number of halogens is 1. The number of hydrogen-bond acceptors (Lipinski definition) is 4. The van der Waals surface area contributed by atoms with Gasteiger partial charge in [-0.15, -0.1) is 12.4 Å². The highest BCUT2D eigenvalue weighted by molar-refractivity contribution is 5.98. The van der Waals surface area contributed by atoms with Gasteiger partial charge in [0.2, 0.25) is 0 Å². The third kappa shape index (κ3) is 3.38. The Morgan fingerprint density at radius 1 is 1.32 bits per heavy atom. The molecule has 1 aromatic carbocycles. The van der Waals surface area contributed by atoms with Crippen LogP contribution < -0.4 is 10.6 Å². The fourth-order valence-corrected chi connectivity index (χ4v) is 2.67. The lowest BCUT2D eigenvalue weighted by atomic mass is 10.1. The van der Waals surface area contributed by atoms with E-state index in [1.165, 1.54) is 0 Å². The van der Waals surface area contributed by atoms with Crippen molar-refractivity contribution in [2.45, 2.75) is 19.1 Å². The summed E-state index contributed by atoms with van der Waals surface area (Å²) in [4.78, 5) is 16.8. The lowest BCUT2D eigenvalue weighted by molar-refractivity contribution is 0.0780. The van der Waals surface area contributed by atoms with Crippen LogP contribution >= 0.6 is 12.4 Å². The number of aryl methyl sites for hydroxylation is 1. The Hall–Kier alpha value is -1.69. The summed E-state index contributed by atoms with van der Waals surface area (Å²) in [6, 6.07) is 9.53. The molecule has 0 bridgehead atoms. The van der Waals surface area contributed by atoms with Gasteiger partial charge in [0.1, 0.15) is 0 Å². The summed E-state index contributed by atoms with van der Waals surface area (Å²) in [7, 11) is 1.67. The Bertz CT molecular complexity index is 677. The Morgan fingerprint density at radius 3 is 2.91 bits per heavy atom. The molecule has 1 fully saturated rings. The van der Waals surface area contributed by atoms with Crippen molar-refractivity contribution >= 4 is 29.2 Å². The minimum absolute atomic E-state index is 0. The predicted molar refractivity (Wildman–Crippen MR) is 88.6 cm³/mol. The van der Waals surface area contributed by atoms with Crippen LogP contribution in [0.25, 0.3) is 10.9 Å². The molecule has 5 nitrogen and oxygen atoms in total. The van der Waals surface area contributed by atoms with Crippen LogP contribution in [-0.2, 0) is 4.74 Å². The molecule has 1 amide bonds. The van der Waals surface area contributed by atoms with E-state index < -0.39 is 0 Å². The molecule has 1 aromatic heterocycles. The molecule has 1 aliphatic heterocycles. The Kier molecular flexibility index (Phi) is 5.34.